The predicted molar refractivity (Wildman–Crippen MR) is 61.5 cm³/mol. The molecule has 0 aliphatic heterocycles. The van der Waals surface area contributed by atoms with E-state index in [4.69, 9.17) is 10.5 Å². The van der Waals surface area contributed by atoms with Gasteiger partial charge in [-0.05, 0) is 13.3 Å². The topological polar surface area (TPSA) is 53.1 Å². The Labute approximate surface area is 91.4 Å². The third-order valence-electron chi connectivity index (χ3n) is 2.53. The van der Waals surface area contributed by atoms with E-state index in [1.807, 2.05) is 14.0 Å². The lowest BCUT2D eigenvalue weighted by atomic mass is 10.2. The van der Waals surface area contributed by atoms with Crippen LogP contribution in [0.3, 0.4) is 0 Å². The zero-order valence-electron chi connectivity index (χ0n) is 9.92. The standard InChI is InChI=1S/C11H21N3O/c1-4-5-6-7-15-8-10-9(2)13-14(3)11(10)12/h4-8,12H2,1-3H3. The minimum Gasteiger partial charge on any atom is -0.384 e. The molecule has 0 fully saturated rings. The largest absolute Gasteiger partial charge is 0.384 e. The smallest absolute Gasteiger partial charge is 0.127 e. The van der Waals surface area contributed by atoms with Crippen molar-refractivity contribution in [3.63, 3.8) is 0 Å². The molecule has 0 unspecified atom stereocenters. The van der Waals surface area contributed by atoms with Gasteiger partial charge in [0, 0.05) is 19.2 Å². The number of unbranched alkanes of at least 4 members (excludes halogenated alkanes) is 2. The summed E-state index contributed by atoms with van der Waals surface area (Å²) in [7, 11) is 1.85. The summed E-state index contributed by atoms with van der Waals surface area (Å²) in [6.45, 7) is 5.53. The van der Waals surface area contributed by atoms with E-state index in [1.54, 1.807) is 4.68 Å². The number of nitrogen functional groups attached to an aromatic ring is 1. The molecule has 0 bridgehead atoms. The number of aromatic nitrogens is 2. The number of hydrogen-bond donors (Lipinski definition) is 1. The van der Waals surface area contributed by atoms with Crippen LogP contribution in [0, 0.1) is 6.92 Å². The van der Waals surface area contributed by atoms with Gasteiger partial charge in [0.25, 0.3) is 0 Å². The molecule has 0 amide bonds. The van der Waals surface area contributed by atoms with E-state index in [1.165, 1.54) is 12.8 Å². The summed E-state index contributed by atoms with van der Waals surface area (Å²) in [5, 5.41) is 4.24. The first-order valence-corrected chi connectivity index (χ1v) is 5.52. The van der Waals surface area contributed by atoms with Crippen LogP contribution in [0.5, 0.6) is 0 Å². The molecule has 0 spiro atoms. The van der Waals surface area contributed by atoms with Gasteiger partial charge in [-0.15, -0.1) is 0 Å². The fourth-order valence-electron chi connectivity index (χ4n) is 1.53. The second kappa shape index (κ2) is 5.75. The third-order valence-corrected chi connectivity index (χ3v) is 2.53. The monoisotopic (exact) mass is 211 g/mol. The van der Waals surface area contributed by atoms with Crippen molar-refractivity contribution in [2.75, 3.05) is 12.3 Å². The molecule has 15 heavy (non-hydrogen) atoms. The fourth-order valence-corrected chi connectivity index (χ4v) is 1.53. The maximum Gasteiger partial charge on any atom is 0.127 e. The van der Waals surface area contributed by atoms with E-state index in [0.29, 0.717) is 12.4 Å². The third kappa shape index (κ3) is 3.23. The van der Waals surface area contributed by atoms with Crippen LogP contribution in [0.2, 0.25) is 0 Å². The molecule has 2 N–H and O–H groups in total. The highest BCUT2D eigenvalue weighted by molar-refractivity contribution is 5.42. The van der Waals surface area contributed by atoms with Crippen LogP contribution in [0.25, 0.3) is 0 Å². The molecule has 4 heteroatoms. The summed E-state index contributed by atoms with van der Waals surface area (Å²) in [6.07, 6.45) is 3.56. The van der Waals surface area contributed by atoms with Crippen molar-refractivity contribution in [1.29, 1.82) is 0 Å². The molecule has 0 aliphatic carbocycles. The van der Waals surface area contributed by atoms with E-state index in [9.17, 15) is 0 Å². The van der Waals surface area contributed by atoms with Crippen molar-refractivity contribution < 1.29 is 4.74 Å². The van der Waals surface area contributed by atoms with Crippen molar-refractivity contribution >= 4 is 5.82 Å². The van der Waals surface area contributed by atoms with E-state index < -0.39 is 0 Å². The average molecular weight is 211 g/mol. The first-order valence-electron chi connectivity index (χ1n) is 5.52. The molecule has 4 nitrogen and oxygen atoms in total. The van der Waals surface area contributed by atoms with Gasteiger partial charge in [-0.3, -0.25) is 4.68 Å². The van der Waals surface area contributed by atoms with Gasteiger partial charge in [-0.1, -0.05) is 19.8 Å². The average Bonchev–Trinajstić information content (AvgIpc) is 2.44. The van der Waals surface area contributed by atoms with E-state index in [2.05, 4.69) is 12.0 Å². The van der Waals surface area contributed by atoms with Gasteiger partial charge in [0.1, 0.15) is 5.82 Å². The van der Waals surface area contributed by atoms with Crippen molar-refractivity contribution in [3.05, 3.63) is 11.3 Å². The fraction of sp³-hybridized carbons (Fsp3) is 0.727. The zero-order chi connectivity index (χ0) is 11.3. The highest BCUT2D eigenvalue weighted by atomic mass is 16.5. The van der Waals surface area contributed by atoms with Crippen molar-refractivity contribution in [3.8, 4) is 0 Å². The molecule has 0 aliphatic rings. The van der Waals surface area contributed by atoms with Crippen molar-refractivity contribution in [1.82, 2.24) is 9.78 Å². The summed E-state index contributed by atoms with van der Waals surface area (Å²) >= 11 is 0. The van der Waals surface area contributed by atoms with Crippen LogP contribution in [-0.2, 0) is 18.4 Å². The van der Waals surface area contributed by atoms with Crippen LogP contribution in [0.15, 0.2) is 0 Å². The van der Waals surface area contributed by atoms with Gasteiger partial charge in [-0.2, -0.15) is 5.10 Å². The summed E-state index contributed by atoms with van der Waals surface area (Å²) < 4.78 is 7.26. The van der Waals surface area contributed by atoms with Gasteiger partial charge in [0.2, 0.25) is 0 Å². The summed E-state index contributed by atoms with van der Waals surface area (Å²) in [6, 6.07) is 0. The number of anilines is 1. The van der Waals surface area contributed by atoms with E-state index in [0.717, 1.165) is 24.3 Å². The number of hydrogen-bond acceptors (Lipinski definition) is 3. The Morgan fingerprint density at radius 1 is 1.40 bits per heavy atom. The molecule has 0 radical (unpaired) electrons. The van der Waals surface area contributed by atoms with Gasteiger partial charge in [-0.25, -0.2) is 0 Å². The molecule has 0 atom stereocenters. The molecule has 1 heterocycles. The number of ether oxygens (including phenoxy) is 1. The van der Waals surface area contributed by atoms with E-state index >= 15 is 0 Å². The second-order valence-electron chi connectivity index (χ2n) is 3.83. The predicted octanol–water partition coefficient (Wildman–Crippen LogP) is 2.02. The Hall–Kier alpha value is -1.03. The maximum absolute atomic E-state index is 5.86. The van der Waals surface area contributed by atoms with E-state index in [-0.39, 0.29) is 0 Å². The Bertz CT molecular complexity index is 307. The molecular formula is C11H21N3O. The number of nitrogens with zero attached hydrogens (tertiary/aromatic N) is 2. The Kier molecular flexibility index (Phi) is 4.62. The summed E-state index contributed by atoms with van der Waals surface area (Å²) in [4.78, 5) is 0. The molecule has 1 aromatic heterocycles. The molecule has 0 aromatic carbocycles. The van der Waals surface area contributed by atoms with Crippen LogP contribution in [-0.4, -0.2) is 16.4 Å². The number of aryl methyl sites for hydroxylation is 2. The lowest BCUT2D eigenvalue weighted by Gasteiger charge is -2.04. The maximum atomic E-state index is 5.86. The summed E-state index contributed by atoms with van der Waals surface area (Å²) in [5.41, 5.74) is 7.85. The van der Waals surface area contributed by atoms with Crippen molar-refractivity contribution in [2.45, 2.75) is 39.7 Å². The molecule has 1 rings (SSSR count). The minimum atomic E-state index is 0.579. The minimum absolute atomic E-state index is 0.579. The number of rotatable bonds is 6. The number of nitrogens with two attached hydrogens (primary N) is 1. The van der Waals surface area contributed by atoms with Gasteiger partial charge < -0.3 is 10.5 Å². The van der Waals surface area contributed by atoms with Crippen LogP contribution in [0.1, 0.15) is 37.4 Å². The van der Waals surface area contributed by atoms with Crippen LogP contribution in [0.4, 0.5) is 5.82 Å². The first-order chi connectivity index (χ1) is 7.16. The lowest BCUT2D eigenvalue weighted by molar-refractivity contribution is 0.117. The molecule has 0 saturated carbocycles. The van der Waals surface area contributed by atoms with Gasteiger partial charge >= 0.3 is 0 Å². The van der Waals surface area contributed by atoms with Crippen molar-refractivity contribution in [2.24, 2.45) is 7.05 Å². The quantitative estimate of drug-likeness (QED) is 0.732. The van der Waals surface area contributed by atoms with Crippen LogP contribution >= 0.6 is 0 Å². The highest BCUT2D eigenvalue weighted by Crippen LogP contribution is 2.16. The SMILES string of the molecule is CCCCCOCc1c(C)nn(C)c1N. The van der Waals surface area contributed by atoms with Gasteiger partial charge in [0.15, 0.2) is 0 Å². The lowest BCUT2D eigenvalue weighted by Crippen LogP contribution is -2.02. The zero-order valence-corrected chi connectivity index (χ0v) is 9.92. The molecule has 86 valence electrons. The normalized spacial score (nSPS) is 10.9. The van der Waals surface area contributed by atoms with Crippen LogP contribution < -0.4 is 5.73 Å². The summed E-state index contributed by atoms with van der Waals surface area (Å²) in [5.74, 6) is 0.711. The molecular weight excluding hydrogens is 190 g/mol. The van der Waals surface area contributed by atoms with Gasteiger partial charge in [0.05, 0.1) is 12.3 Å². The Morgan fingerprint density at radius 2 is 2.13 bits per heavy atom. The highest BCUT2D eigenvalue weighted by Gasteiger charge is 2.09. The molecule has 1 aromatic rings. The second-order valence-corrected chi connectivity index (χ2v) is 3.83. The molecule has 0 saturated heterocycles. The Balaban J connectivity index is 2.37. The Morgan fingerprint density at radius 3 is 2.67 bits per heavy atom. The first kappa shape index (κ1) is 12.0.